The van der Waals surface area contributed by atoms with Crippen molar-refractivity contribution in [2.24, 2.45) is 0 Å². The Hall–Kier alpha value is -1.56. The highest BCUT2D eigenvalue weighted by Gasteiger charge is 2.22. The number of aliphatic hydroxyl groups is 1. The molecule has 0 spiro atoms. The van der Waals surface area contributed by atoms with Crippen molar-refractivity contribution in [2.45, 2.75) is 109 Å². The lowest BCUT2D eigenvalue weighted by Gasteiger charge is -2.29. The van der Waals surface area contributed by atoms with E-state index in [1.807, 2.05) is 27.2 Å². The number of esters is 1. The molecule has 1 atom stereocenters. The van der Waals surface area contributed by atoms with Crippen LogP contribution in [-0.2, 0) is 14.3 Å². The number of carboxylic acid groups (broad SMARTS) is 1. The van der Waals surface area contributed by atoms with Crippen LogP contribution in [0.2, 0.25) is 0 Å². The van der Waals surface area contributed by atoms with Gasteiger partial charge in [-0.25, -0.2) is 0 Å². The molecule has 6 nitrogen and oxygen atoms in total. The normalized spacial score (nSPS) is 13.2. The molecule has 31 heavy (non-hydrogen) atoms. The highest BCUT2D eigenvalue weighted by atomic mass is 16.5. The average molecular weight is 442 g/mol. The summed E-state index contributed by atoms with van der Waals surface area (Å²) in [5.74, 6) is -0.960. The van der Waals surface area contributed by atoms with Crippen molar-refractivity contribution in [1.29, 1.82) is 0 Å². The summed E-state index contributed by atoms with van der Waals surface area (Å²) >= 11 is 0. The van der Waals surface area contributed by atoms with Crippen molar-refractivity contribution in [3.8, 4) is 0 Å². The van der Waals surface area contributed by atoms with Crippen LogP contribution in [-0.4, -0.2) is 55.3 Å². The number of likely N-dealkylation sites (N-methyl/N-ethyl adjacent to an activating group) is 1. The number of nitrogens with zero attached hydrogens (tertiary/aromatic N) is 1. The van der Waals surface area contributed by atoms with Gasteiger partial charge >= 0.3 is 5.97 Å². The van der Waals surface area contributed by atoms with E-state index in [-0.39, 0.29) is 12.4 Å². The minimum Gasteiger partial charge on any atom is -0.550 e. The number of hydrogen-bond donors (Lipinski definition) is 1. The summed E-state index contributed by atoms with van der Waals surface area (Å²) in [5.41, 5.74) is 0. The minimum absolute atomic E-state index is 0.256. The molecule has 6 heteroatoms. The quantitative estimate of drug-likeness (QED) is 0.128. The van der Waals surface area contributed by atoms with Gasteiger partial charge in [0.1, 0.15) is 6.54 Å². The standard InChI is InChI=1S/C25H47NO5/c1-5-6-7-14-17-22(27)18-15-12-10-8-9-11-13-16-19-25(30)31-23(20-24(28)29)21-26(2,3)4/h17,23H,5-16,18-21H2,1-4H3,(H-,27,28,29). The molecule has 0 aromatic heterocycles. The summed E-state index contributed by atoms with van der Waals surface area (Å²) in [5, 5.41) is 20.7. The van der Waals surface area contributed by atoms with Gasteiger partial charge in [-0.15, -0.1) is 0 Å². The SMILES string of the molecule is CCCCCC=C(O)CCCCCCCCCCC(=O)OC(CC(=O)[O-])C[N+](C)(C)C. The van der Waals surface area contributed by atoms with Gasteiger partial charge in [-0.05, 0) is 31.8 Å². The molecule has 0 saturated heterocycles. The van der Waals surface area contributed by atoms with E-state index >= 15 is 0 Å². The molecule has 0 aromatic rings. The van der Waals surface area contributed by atoms with Crippen molar-refractivity contribution in [2.75, 3.05) is 27.7 Å². The van der Waals surface area contributed by atoms with Gasteiger partial charge in [0.2, 0.25) is 0 Å². The summed E-state index contributed by atoms with van der Waals surface area (Å²) in [6.45, 7) is 2.63. The van der Waals surface area contributed by atoms with Gasteiger partial charge in [0.15, 0.2) is 6.10 Å². The fourth-order valence-corrected chi connectivity index (χ4v) is 3.59. The van der Waals surface area contributed by atoms with Crippen LogP contribution >= 0.6 is 0 Å². The highest BCUT2D eigenvalue weighted by Crippen LogP contribution is 2.14. The molecular weight excluding hydrogens is 394 g/mol. The van der Waals surface area contributed by atoms with Crippen molar-refractivity contribution >= 4 is 11.9 Å². The molecule has 0 amide bonds. The number of aliphatic carboxylic acids is 1. The second kappa shape index (κ2) is 18.1. The van der Waals surface area contributed by atoms with Crippen LogP contribution in [0.25, 0.3) is 0 Å². The Kier molecular flexibility index (Phi) is 17.1. The monoisotopic (exact) mass is 441 g/mol. The van der Waals surface area contributed by atoms with Crippen molar-refractivity contribution < 1.29 is 29.0 Å². The maximum Gasteiger partial charge on any atom is 0.306 e. The van der Waals surface area contributed by atoms with E-state index in [9.17, 15) is 19.8 Å². The molecular formula is C25H47NO5. The van der Waals surface area contributed by atoms with Gasteiger partial charge in [-0.1, -0.05) is 58.3 Å². The Labute approximate surface area is 190 Å². The Bertz CT molecular complexity index is 511. The van der Waals surface area contributed by atoms with Gasteiger partial charge in [0, 0.05) is 25.2 Å². The number of ether oxygens (including phenoxy) is 1. The van der Waals surface area contributed by atoms with E-state index in [0.29, 0.717) is 23.2 Å². The average Bonchev–Trinajstić information content (AvgIpc) is 2.64. The summed E-state index contributed by atoms with van der Waals surface area (Å²) in [4.78, 5) is 22.9. The Morgan fingerprint density at radius 1 is 0.903 bits per heavy atom. The van der Waals surface area contributed by atoms with Crippen LogP contribution in [0, 0.1) is 0 Å². The summed E-state index contributed by atoms with van der Waals surface area (Å²) in [6.07, 6.45) is 15.4. The molecule has 0 aliphatic heterocycles. The molecule has 1 N–H and O–H groups in total. The third-order valence-corrected chi connectivity index (χ3v) is 5.20. The fourth-order valence-electron chi connectivity index (χ4n) is 3.59. The van der Waals surface area contributed by atoms with E-state index in [2.05, 4.69) is 6.92 Å². The van der Waals surface area contributed by atoms with Gasteiger partial charge in [-0.2, -0.15) is 0 Å². The molecule has 0 saturated carbocycles. The molecule has 0 fully saturated rings. The number of carbonyl (C=O) groups is 2. The summed E-state index contributed by atoms with van der Waals surface area (Å²) in [6, 6.07) is 0. The van der Waals surface area contributed by atoms with Crippen molar-refractivity contribution in [3.05, 3.63) is 11.8 Å². The first kappa shape index (κ1) is 29.4. The van der Waals surface area contributed by atoms with E-state index in [1.165, 1.54) is 25.7 Å². The lowest BCUT2D eigenvalue weighted by atomic mass is 10.1. The minimum atomic E-state index is -1.19. The fraction of sp³-hybridized carbons (Fsp3) is 0.840. The third kappa shape index (κ3) is 21.5. The molecule has 0 aliphatic rings. The zero-order valence-corrected chi connectivity index (χ0v) is 20.5. The molecule has 1 unspecified atom stereocenters. The van der Waals surface area contributed by atoms with Crippen LogP contribution in [0.15, 0.2) is 11.8 Å². The number of hydrogen-bond acceptors (Lipinski definition) is 5. The maximum absolute atomic E-state index is 12.0. The first-order valence-corrected chi connectivity index (χ1v) is 12.2. The van der Waals surface area contributed by atoms with Gasteiger partial charge < -0.3 is 24.2 Å². The second-order valence-corrected chi connectivity index (χ2v) is 9.68. The van der Waals surface area contributed by atoms with E-state index in [1.54, 1.807) is 0 Å². The van der Waals surface area contributed by atoms with E-state index in [4.69, 9.17) is 4.74 Å². The Morgan fingerprint density at radius 2 is 1.45 bits per heavy atom. The topological polar surface area (TPSA) is 86.7 Å². The predicted octanol–water partition coefficient (Wildman–Crippen LogP) is 4.67. The lowest BCUT2D eigenvalue weighted by molar-refractivity contribution is -0.873. The molecule has 0 radical (unpaired) electrons. The zero-order valence-electron chi connectivity index (χ0n) is 20.5. The first-order chi connectivity index (χ1) is 14.6. The molecule has 0 bridgehead atoms. The lowest BCUT2D eigenvalue weighted by Crippen LogP contribution is -2.45. The van der Waals surface area contributed by atoms with Gasteiger partial charge in [0.05, 0.1) is 26.9 Å². The molecule has 0 rings (SSSR count). The number of carboxylic acids is 1. The largest absolute Gasteiger partial charge is 0.550 e. The van der Waals surface area contributed by atoms with Crippen LogP contribution < -0.4 is 5.11 Å². The van der Waals surface area contributed by atoms with Crippen molar-refractivity contribution in [3.63, 3.8) is 0 Å². The van der Waals surface area contributed by atoms with E-state index < -0.39 is 12.1 Å². The predicted molar refractivity (Wildman–Crippen MR) is 123 cm³/mol. The first-order valence-electron chi connectivity index (χ1n) is 12.2. The maximum atomic E-state index is 12.0. The number of aliphatic hydroxyl groups excluding tert-OH is 1. The molecule has 0 aromatic carbocycles. The number of carbonyl (C=O) groups excluding carboxylic acids is 2. The summed E-state index contributed by atoms with van der Waals surface area (Å²) in [7, 11) is 5.80. The van der Waals surface area contributed by atoms with E-state index in [0.717, 1.165) is 57.8 Å². The second-order valence-electron chi connectivity index (χ2n) is 9.68. The Balaban J connectivity index is 3.70. The summed E-state index contributed by atoms with van der Waals surface area (Å²) < 4.78 is 5.89. The number of allylic oxidation sites excluding steroid dienone is 2. The van der Waals surface area contributed by atoms with Crippen molar-refractivity contribution in [1.82, 2.24) is 0 Å². The number of rotatable bonds is 20. The molecule has 0 aliphatic carbocycles. The third-order valence-electron chi connectivity index (χ3n) is 5.20. The highest BCUT2D eigenvalue weighted by molar-refractivity contribution is 5.70. The Morgan fingerprint density at radius 3 is 1.97 bits per heavy atom. The smallest absolute Gasteiger partial charge is 0.306 e. The zero-order chi connectivity index (χ0) is 23.5. The van der Waals surface area contributed by atoms with Crippen LogP contribution in [0.5, 0.6) is 0 Å². The number of unbranched alkanes of at least 4 members (excludes halogenated alkanes) is 10. The van der Waals surface area contributed by atoms with Crippen LogP contribution in [0.1, 0.15) is 103 Å². The van der Waals surface area contributed by atoms with Crippen LogP contribution in [0.4, 0.5) is 0 Å². The van der Waals surface area contributed by atoms with Crippen LogP contribution in [0.3, 0.4) is 0 Å². The number of quaternary nitrogens is 1. The van der Waals surface area contributed by atoms with Gasteiger partial charge in [-0.3, -0.25) is 4.79 Å². The molecule has 182 valence electrons. The van der Waals surface area contributed by atoms with Gasteiger partial charge in [0.25, 0.3) is 0 Å². The molecule has 0 heterocycles.